The summed E-state index contributed by atoms with van der Waals surface area (Å²) in [4.78, 5) is 14.9. The van der Waals surface area contributed by atoms with Crippen LogP contribution in [0.15, 0.2) is 156 Å². The molecule has 210 valence electrons. The Bertz CT molecular complexity index is 2480. The average molecular weight is 576 g/mol. The summed E-state index contributed by atoms with van der Waals surface area (Å²) in [5, 5.41) is 6.73. The molecule has 0 fully saturated rings. The van der Waals surface area contributed by atoms with E-state index in [2.05, 4.69) is 91.0 Å². The first-order chi connectivity index (χ1) is 22.3. The molecular weight excluding hydrogens is 550 g/mol. The quantitative estimate of drug-likeness (QED) is 0.209. The highest BCUT2D eigenvalue weighted by atomic mass is 16.3. The van der Waals surface area contributed by atoms with Crippen LogP contribution in [-0.2, 0) is 0 Å². The van der Waals surface area contributed by atoms with Crippen molar-refractivity contribution in [3.63, 3.8) is 0 Å². The minimum absolute atomic E-state index is 0.642. The fourth-order valence-corrected chi connectivity index (χ4v) is 6.44. The monoisotopic (exact) mass is 575 g/mol. The van der Waals surface area contributed by atoms with Gasteiger partial charge in [0.2, 0.25) is 0 Å². The second-order valence-corrected chi connectivity index (χ2v) is 11.2. The minimum Gasteiger partial charge on any atom is -0.455 e. The van der Waals surface area contributed by atoms with Gasteiger partial charge in [0.1, 0.15) is 11.2 Å². The molecule has 9 rings (SSSR count). The van der Waals surface area contributed by atoms with E-state index in [1.807, 2.05) is 60.7 Å². The highest BCUT2D eigenvalue weighted by molar-refractivity contribution is 6.21. The predicted octanol–water partition coefficient (Wildman–Crippen LogP) is 10.7. The van der Waals surface area contributed by atoms with Gasteiger partial charge in [-0.2, -0.15) is 0 Å². The van der Waals surface area contributed by atoms with Gasteiger partial charge in [-0.05, 0) is 45.5 Å². The number of nitrogens with zero attached hydrogens (tertiary/aromatic N) is 3. The van der Waals surface area contributed by atoms with Gasteiger partial charge in [-0.25, -0.2) is 15.0 Å². The number of furan rings is 1. The Morgan fingerprint density at radius 3 is 1.64 bits per heavy atom. The van der Waals surface area contributed by atoms with E-state index in [1.165, 1.54) is 5.39 Å². The molecule has 0 aliphatic rings. The van der Waals surface area contributed by atoms with Crippen molar-refractivity contribution in [2.24, 2.45) is 0 Å². The highest BCUT2D eigenvalue weighted by Crippen LogP contribution is 2.42. The van der Waals surface area contributed by atoms with Crippen LogP contribution < -0.4 is 0 Å². The fraction of sp³-hybridized carbons (Fsp3) is 0. The molecule has 0 amide bonds. The summed E-state index contributed by atoms with van der Waals surface area (Å²) in [6.45, 7) is 0. The molecule has 0 aliphatic carbocycles. The van der Waals surface area contributed by atoms with Gasteiger partial charge in [-0.1, -0.05) is 133 Å². The first-order valence-corrected chi connectivity index (χ1v) is 15.0. The molecule has 4 heteroatoms. The van der Waals surface area contributed by atoms with Crippen LogP contribution in [-0.4, -0.2) is 15.0 Å². The second kappa shape index (κ2) is 10.2. The molecule has 4 nitrogen and oxygen atoms in total. The largest absolute Gasteiger partial charge is 0.455 e. The Labute approximate surface area is 259 Å². The van der Waals surface area contributed by atoms with E-state index >= 15 is 0 Å². The third kappa shape index (κ3) is 4.19. The molecular formula is C41H25N3O. The number of fused-ring (bicyclic) bond motifs is 6. The molecule has 0 unspecified atom stereocenters. The molecule has 0 bridgehead atoms. The van der Waals surface area contributed by atoms with Crippen molar-refractivity contribution in [2.75, 3.05) is 0 Å². The zero-order valence-corrected chi connectivity index (χ0v) is 24.2. The Balaban J connectivity index is 1.28. The number of hydrogen-bond donors (Lipinski definition) is 0. The van der Waals surface area contributed by atoms with Crippen LogP contribution in [0.3, 0.4) is 0 Å². The third-order valence-electron chi connectivity index (χ3n) is 8.54. The summed E-state index contributed by atoms with van der Waals surface area (Å²) in [6, 6.07) is 52.1. The molecule has 0 aliphatic heterocycles. The number of aromatic nitrogens is 3. The molecule has 45 heavy (non-hydrogen) atoms. The van der Waals surface area contributed by atoms with Crippen molar-refractivity contribution < 1.29 is 4.42 Å². The smallest absolute Gasteiger partial charge is 0.164 e. The van der Waals surface area contributed by atoms with Crippen LogP contribution in [0.1, 0.15) is 0 Å². The first kappa shape index (κ1) is 25.4. The highest BCUT2D eigenvalue weighted by Gasteiger charge is 2.19. The van der Waals surface area contributed by atoms with E-state index in [9.17, 15) is 0 Å². The van der Waals surface area contributed by atoms with Crippen LogP contribution in [0.5, 0.6) is 0 Å². The van der Waals surface area contributed by atoms with Gasteiger partial charge in [0.05, 0.1) is 0 Å². The summed E-state index contributed by atoms with van der Waals surface area (Å²) in [5.74, 6) is 1.94. The zero-order chi connectivity index (χ0) is 29.7. The second-order valence-electron chi connectivity index (χ2n) is 11.2. The van der Waals surface area contributed by atoms with Crippen LogP contribution in [0.2, 0.25) is 0 Å². The lowest BCUT2D eigenvalue weighted by molar-refractivity contribution is 0.673. The standard InChI is InChI=1S/C41H25N3O/c1-3-13-27(14-4-1)39-42-40(28-15-5-2-6-16-28)44-41(43-39)34-25-24-32(30-18-9-10-19-31(30)34)33-20-11-21-36-37(33)35-23-22-26-12-7-8-17-29(26)38(35)45-36/h1-25H. The normalized spacial score (nSPS) is 11.6. The Morgan fingerprint density at radius 2 is 0.933 bits per heavy atom. The molecule has 0 saturated carbocycles. The molecule has 0 saturated heterocycles. The maximum atomic E-state index is 6.52. The van der Waals surface area contributed by atoms with Gasteiger partial charge in [-0.3, -0.25) is 0 Å². The molecule has 2 aromatic heterocycles. The third-order valence-corrected chi connectivity index (χ3v) is 8.54. The van der Waals surface area contributed by atoms with E-state index in [0.717, 1.165) is 65.9 Å². The molecule has 9 aromatic rings. The van der Waals surface area contributed by atoms with Gasteiger partial charge in [0, 0.05) is 32.8 Å². The summed E-state index contributed by atoms with van der Waals surface area (Å²) in [5.41, 5.74) is 6.93. The van der Waals surface area contributed by atoms with Gasteiger partial charge >= 0.3 is 0 Å². The SMILES string of the molecule is c1ccc(-c2nc(-c3ccccc3)nc(-c3ccc(-c4cccc5oc6c7ccccc7ccc6c45)c4ccccc34)n2)cc1. The molecule has 2 heterocycles. The van der Waals surface area contributed by atoms with Crippen molar-refractivity contribution >= 4 is 43.5 Å². The van der Waals surface area contributed by atoms with Crippen molar-refractivity contribution in [1.82, 2.24) is 15.0 Å². The average Bonchev–Trinajstić information content (AvgIpc) is 3.51. The summed E-state index contributed by atoms with van der Waals surface area (Å²) in [6.07, 6.45) is 0. The maximum Gasteiger partial charge on any atom is 0.164 e. The summed E-state index contributed by atoms with van der Waals surface area (Å²) in [7, 11) is 0. The number of hydrogen-bond acceptors (Lipinski definition) is 4. The molecule has 0 atom stereocenters. The Hall–Kier alpha value is -6.13. The van der Waals surface area contributed by atoms with E-state index < -0.39 is 0 Å². The topological polar surface area (TPSA) is 51.8 Å². The molecule has 7 aromatic carbocycles. The van der Waals surface area contributed by atoms with Crippen molar-refractivity contribution in [3.05, 3.63) is 152 Å². The van der Waals surface area contributed by atoms with Crippen molar-refractivity contribution in [3.8, 4) is 45.3 Å². The van der Waals surface area contributed by atoms with E-state index in [-0.39, 0.29) is 0 Å². The minimum atomic E-state index is 0.642. The summed E-state index contributed by atoms with van der Waals surface area (Å²) >= 11 is 0. The Morgan fingerprint density at radius 1 is 0.356 bits per heavy atom. The number of benzene rings is 7. The number of rotatable bonds is 4. The lowest BCUT2D eigenvalue weighted by atomic mass is 9.92. The van der Waals surface area contributed by atoms with Gasteiger partial charge in [0.15, 0.2) is 17.5 Å². The first-order valence-electron chi connectivity index (χ1n) is 15.0. The van der Waals surface area contributed by atoms with Crippen LogP contribution in [0.25, 0.3) is 88.8 Å². The zero-order valence-electron chi connectivity index (χ0n) is 24.2. The van der Waals surface area contributed by atoms with E-state index in [4.69, 9.17) is 19.4 Å². The summed E-state index contributed by atoms with van der Waals surface area (Å²) < 4.78 is 6.52. The molecule has 0 spiro atoms. The van der Waals surface area contributed by atoms with Gasteiger partial charge < -0.3 is 4.42 Å². The van der Waals surface area contributed by atoms with Gasteiger partial charge in [-0.15, -0.1) is 0 Å². The van der Waals surface area contributed by atoms with Gasteiger partial charge in [0.25, 0.3) is 0 Å². The molecule has 0 radical (unpaired) electrons. The predicted molar refractivity (Wildman–Crippen MR) is 184 cm³/mol. The van der Waals surface area contributed by atoms with E-state index in [1.54, 1.807) is 0 Å². The lowest BCUT2D eigenvalue weighted by Crippen LogP contribution is -2.00. The van der Waals surface area contributed by atoms with Crippen LogP contribution in [0.4, 0.5) is 0 Å². The van der Waals surface area contributed by atoms with Crippen molar-refractivity contribution in [1.29, 1.82) is 0 Å². The molecule has 0 N–H and O–H groups in total. The Kier molecular flexibility index (Phi) is 5.78. The lowest BCUT2D eigenvalue weighted by Gasteiger charge is -2.13. The maximum absolute atomic E-state index is 6.52. The van der Waals surface area contributed by atoms with Crippen LogP contribution >= 0.6 is 0 Å². The van der Waals surface area contributed by atoms with Crippen LogP contribution in [0, 0.1) is 0 Å². The van der Waals surface area contributed by atoms with E-state index in [0.29, 0.717) is 17.5 Å². The fourth-order valence-electron chi connectivity index (χ4n) is 6.44. The van der Waals surface area contributed by atoms with Crippen molar-refractivity contribution in [2.45, 2.75) is 0 Å².